The molecule has 1 aromatic rings. The molecule has 0 aliphatic carbocycles. The van der Waals surface area contributed by atoms with Crippen molar-refractivity contribution < 1.29 is 14.3 Å². The van der Waals surface area contributed by atoms with E-state index in [9.17, 15) is 9.18 Å². The first-order valence-electron chi connectivity index (χ1n) is 5.18. The summed E-state index contributed by atoms with van der Waals surface area (Å²) < 4.78 is 13.5. The number of anilines is 2. The van der Waals surface area contributed by atoms with E-state index in [0.29, 0.717) is 23.1 Å². The van der Waals surface area contributed by atoms with Crippen LogP contribution < -0.4 is 10.6 Å². The van der Waals surface area contributed by atoms with Crippen LogP contribution in [0.15, 0.2) is 16.6 Å². The van der Waals surface area contributed by atoms with Crippen molar-refractivity contribution in [3.8, 4) is 0 Å². The Morgan fingerprint density at radius 1 is 1.59 bits per heavy atom. The van der Waals surface area contributed by atoms with Crippen molar-refractivity contribution in [3.05, 3.63) is 22.4 Å². The second kappa shape index (κ2) is 4.62. The SMILES string of the molecule is Nc1cc(F)cc(Br)c1N1CC(CO)CC1=O. The number of halogens is 2. The zero-order valence-electron chi connectivity index (χ0n) is 8.99. The highest BCUT2D eigenvalue weighted by atomic mass is 79.9. The predicted molar refractivity (Wildman–Crippen MR) is 66.1 cm³/mol. The van der Waals surface area contributed by atoms with Crippen LogP contribution in [0.5, 0.6) is 0 Å². The number of aliphatic hydroxyl groups is 1. The molecular formula is C11H12BrFN2O2. The zero-order chi connectivity index (χ0) is 12.6. The third-order valence-corrected chi connectivity index (χ3v) is 3.40. The van der Waals surface area contributed by atoms with E-state index in [1.54, 1.807) is 0 Å². The van der Waals surface area contributed by atoms with Crippen molar-refractivity contribution >= 4 is 33.2 Å². The lowest BCUT2D eigenvalue weighted by molar-refractivity contribution is -0.117. The fourth-order valence-electron chi connectivity index (χ4n) is 1.99. The van der Waals surface area contributed by atoms with Gasteiger partial charge in [0.15, 0.2) is 0 Å². The highest BCUT2D eigenvalue weighted by molar-refractivity contribution is 9.10. The minimum absolute atomic E-state index is 0.0407. The number of nitrogens with zero attached hydrogens (tertiary/aromatic N) is 1. The summed E-state index contributed by atoms with van der Waals surface area (Å²) in [5, 5.41) is 9.05. The number of nitrogens with two attached hydrogens (primary N) is 1. The Kier molecular flexibility index (Phi) is 3.35. The van der Waals surface area contributed by atoms with Gasteiger partial charge >= 0.3 is 0 Å². The molecule has 1 unspecified atom stereocenters. The van der Waals surface area contributed by atoms with E-state index in [2.05, 4.69) is 15.9 Å². The third kappa shape index (κ3) is 2.28. The average Bonchev–Trinajstić information content (AvgIpc) is 2.59. The normalized spacial score (nSPS) is 20.1. The summed E-state index contributed by atoms with van der Waals surface area (Å²) in [7, 11) is 0. The first-order valence-corrected chi connectivity index (χ1v) is 5.98. The maximum atomic E-state index is 13.1. The van der Waals surface area contributed by atoms with Gasteiger partial charge in [-0.1, -0.05) is 0 Å². The minimum atomic E-state index is -0.455. The monoisotopic (exact) mass is 302 g/mol. The maximum Gasteiger partial charge on any atom is 0.227 e. The Bertz CT molecular complexity index is 444. The number of carbonyl (C=O) groups is 1. The van der Waals surface area contributed by atoms with E-state index < -0.39 is 5.82 Å². The molecule has 0 radical (unpaired) electrons. The van der Waals surface area contributed by atoms with Gasteiger partial charge in [0.05, 0.1) is 11.4 Å². The second-order valence-corrected chi connectivity index (χ2v) is 4.94. The smallest absolute Gasteiger partial charge is 0.227 e. The number of aliphatic hydroxyl groups excluding tert-OH is 1. The number of rotatable bonds is 2. The van der Waals surface area contributed by atoms with Gasteiger partial charge in [-0.25, -0.2) is 4.39 Å². The summed E-state index contributed by atoms with van der Waals surface area (Å²) in [6.07, 6.45) is 0.291. The van der Waals surface area contributed by atoms with Gasteiger partial charge in [-0.2, -0.15) is 0 Å². The largest absolute Gasteiger partial charge is 0.397 e. The van der Waals surface area contributed by atoms with E-state index in [-0.39, 0.29) is 24.1 Å². The number of hydrogen-bond donors (Lipinski definition) is 2. The summed E-state index contributed by atoms with van der Waals surface area (Å²) in [5.74, 6) is -0.648. The van der Waals surface area contributed by atoms with E-state index in [1.807, 2.05) is 0 Å². The van der Waals surface area contributed by atoms with E-state index in [1.165, 1.54) is 17.0 Å². The molecule has 1 aliphatic rings. The van der Waals surface area contributed by atoms with Gasteiger partial charge in [0.2, 0.25) is 5.91 Å². The minimum Gasteiger partial charge on any atom is -0.397 e. The second-order valence-electron chi connectivity index (χ2n) is 4.08. The van der Waals surface area contributed by atoms with Crippen molar-refractivity contribution in [2.75, 3.05) is 23.8 Å². The molecule has 0 saturated carbocycles. The van der Waals surface area contributed by atoms with Crippen LogP contribution in [-0.2, 0) is 4.79 Å². The van der Waals surface area contributed by atoms with E-state index in [4.69, 9.17) is 10.8 Å². The van der Waals surface area contributed by atoms with Gasteiger partial charge in [-0.3, -0.25) is 4.79 Å². The van der Waals surface area contributed by atoms with Crippen LogP contribution in [-0.4, -0.2) is 24.2 Å². The predicted octanol–water partition coefficient (Wildman–Crippen LogP) is 1.52. The van der Waals surface area contributed by atoms with Gasteiger partial charge in [0.25, 0.3) is 0 Å². The molecule has 1 aliphatic heterocycles. The zero-order valence-corrected chi connectivity index (χ0v) is 10.6. The molecule has 4 nitrogen and oxygen atoms in total. The molecule has 17 heavy (non-hydrogen) atoms. The van der Waals surface area contributed by atoms with Crippen molar-refractivity contribution in [2.45, 2.75) is 6.42 Å². The van der Waals surface area contributed by atoms with Crippen molar-refractivity contribution in [1.82, 2.24) is 0 Å². The Hall–Kier alpha value is -1.14. The fourth-order valence-corrected chi connectivity index (χ4v) is 2.65. The van der Waals surface area contributed by atoms with Crippen LogP contribution in [0.2, 0.25) is 0 Å². The fraction of sp³-hybridized carbons (Fsp3) is 0.364. The summed E-state index contributed by atoms with van der Waals surface area (Å²) in [5.41, 5.74) is 6.42. The molecule has 0 spiro atoms. The molecule has 0 aromatic heterocycles. The topological polar surface area (TPSA) is 66.6 Å². The Labute approximate surface area is 106 Å². The number of nitrogen functional groups attached to an aromatic ring is 1. The Morgan fingerprint density at radius 3 is 2.82 bits per heavy atom. The lowest BCUT2D eigenvalue weighted by Crippen LogP contribution is -2.26. The quantitative estimate of drug-likeness (QED) is 0.814. The molecule has 1 heterocycles. The van der Waals surface area contributed by atoms with Crippen LogP contribution in [0.25, 0.3) is 0 Å². The third-order valence-electron chi connectivity index (χ3n) is 2.79. The molecule has 1 fully saturated rings. The van der Waals surface area contributed by atoms with Crippen LogP contribution in [0.3, 0.4) is 0 Å². The lowest BCUT2D eigenvalue weighted by Gasteiger charge is -2.20. The van der Waals surface area contributed by atoms with E-state index >= 15 is 0 Å². The summed E-state index contributed by atoms with van der Waals surface area (Å²) >= 11 is 3.20. The summed E-state index contributed by atoms with van der Waals surface area (Å²) in [6, 6.07) is 2.45. The molecule has 1 amide bonds. The van der Waals surface area contributed by atoms with Crippen molar-refractivity contribution in [3.63, 3.8) is 0 Å². The standard InChI is InChI=1S/C11H12BrFN2O2/c12-8-2-7(13)3-9(14)11(8)15-4-6(5-16)1-10(15)17/h2-3,6,16H,1,4-5,14H2. The molecule has 2 rings (SSSR count). The van der Waals surface area contributed by atoms with E-state index in [0.717, 1.165) is 0 Å². The van der Waals surface area contributed by atoms with Crippen LogP contribution in [0, 0.1) is 11.7 Å². The first-order chi connectivity index (χ1) is 8.02. The molecule has 6 heteroatoms. The molecule has 0 bridgehead atoms. The molecular weight excluding hydrogens is 291 g/mol. The maximum absolute atomic E-state index is 13.1. The average molecular weight is 303 g/mol. The summed E-state index contributed by atoms with van der Waals surface area (Å²) in [6.45, 7) is 0.366. The van der Waals surface area contributed by atoms with Crippen LogP contribution in [0.1, 0.15) is 6.42 Å². The molecule has 3 N–H and O–H groups in total. The summed E-state index contributed by atoms with van der Waals surface area (Å²) in [4.78, 5) is 13.3. The highest BCUT2D eigenvalue weighted by Crippen LogP contribution is 2.36. The van der Waals surface area contributed by atoms with Gasteiger partial charge in [0.1, 0.15) is 5.82 Å². The van der Waals surface area contributed by atoms with Crippen molar-refractivity contribution in [2.24, 2.45) is 5.92 Å². The molecule has 1 saturated heterocycles. The van der Waals surface area contributed by atoms with Gasteiger partial charge < -0.3 is 15.7 Å². The molecule has 1 aromatic carbocycles. The van der Waals surface area contributed by atoms with Crippen LogP contribution >= 0.6 is 15.9 Å². The van der Waals surface area contributed by atoms with Gasteiger partial charge in [-0.05, 0) is 28.1 Å². The Balaban J connectivity index is 2.38. The van der Waals surface area contributed by atoms with Crippen LogP contribution in [0.4, 0.5) is 15.8 Å². The van der Waals surface area contributed by atoms with Crippen molar-refractivity contribution in [1.29, 1.82) is 0 Å². The van der Waals surface area contributed by atoms with Gasteiger partial charge in [-0.15, -0.1) is 0 Å². The Morgan fingerprint density at radius 2 is 2.29 bits per heavy atom. The first kappa shape index (κ1) is 12.3. The molecule has 1 atom stereocenters. The number of hydrogen-bond acceptors (Lipinski definition) is 3. The van der Waals surface area contributed by atoms with Gasteiger partial charge in [0, 0.05) is 30.0 Å². The highest BCUT2D eigenvalue weighted by Gasteiger charge is 2.32. The molecule has 92 valence electrons. The number of benzene rings is 1. The number of amides is 1. The number of carbonyl (C=O) groups excluding carboxylic acids is 1. The lowest BCUT2D eigenvalue weighted by atomic mass is 10.1.